The lowest BCUT2D eigenvalue weighted by atomic mass is 10.0. The van der Waals surface area contributed by atoms with Crippen molar-refractivity contribution in [1.29, 1.82) is 0 Å². The molecule has 0 aliphatic carbocycles. The maximum absolute atomic E-state index is 11.9. The molecule has 0 aromatic heterocycles. The van der Waals surface area contributed by atoms with Gasteiger partial charge in [0.15, 0.2) is 0 Å². The van der Waals surface area contributed by atoms with Gasteiger partial charge in [0.1, 0.15) is 0 Å². The van der Waals surface area contributed by atoms with Crippen LogP contribution in [0.15, 0.2) is 42.5 Å². The van der Waals surface area contributed by atoms with Gasteiger partial charge in [0, 0.05) is 11.4 Å². The Morgan fingerprint density at radius 1 is 0.826 bits per heavy atom. The van der Waals surface area contributed by atoms with Gasteiger partial charge < -0.3 is 10.6 Å². The first-order valence-electron chi connectivity index (χ1n) is 7.04. The van der Waals surface area contributed by atoms with Gasteiger partial charge in [-0.25, -0.2) is 0 Å². The van der Waals surface area contributed by atoms with E-state index < -0.39 is 11.8 Å². The number of hydrogen-bond donors (Lipinski definition) is 2. The zero-order valence-electron chi connectivity index (χ0n) is 12.7. The van der Waals surface area contributed by atoms with Crippen molar-refractivity contribution in [3.8, 4) is 0 Å². The van der Waals surface area contributed by atoms with Crippen LogP contribution in [0.4, 0.5) is 11.4 Å². The molecule has 2 rings (SSSR count). The third kappa shape index (κ3) is 4.71. The number of benzene rings is 2. The van der Waals surface area contributed by atoms with E-state index in [2.05, 4.69) is 24.5 Å². The summed E-state index contributed by atoms with van der Waals surface area (Å²) in [6.45, 7) is 4.16. The van der Waals surface area contributed by atoms with Crippen LogP contribution in [0.2, 0.25) is 10.0 Å². The standard InChI is InChI=1S/C17H16Cl2N2O2/c1-10(2)11-3-5-12(6-4-11)20-16(22)17(23)21-13-7-8-14(18)15(19)9-13/h3-10H,1-2H3,(H,20,22)(H,21,23). The average Bonchev–Trinajstić information content (AvgIpc) is 2.51. The molecule has 0 unspecified atom stereocenters. The minimum Gasteiger partial charge on any atom is -0.318 e. The quantitative estimate of drug-likeness (QED) is 0.788. The normalized spacial score (nSPS) is 10.5. The van der Waals surface area contributed by atoms with Gasteiger partial charge in [-0.2, -0.15) is 0 Å². The lowest BCUT2D eigenvalue weighted by molar-refractivity contribution is -0.132. The molecule has 4 nitrogen and oxygen atoms in total. The highest BCUT2D eigenvalue weighted by molar-refractivity contribution is 6.44. The molecule has 2 amide bonds. The van der Waals surface area contributed by atoms with Gasteiger partial charge in [-0.1, -0.05) is 49.2 Å². The fourth-order valence-corrected chi connectivity index (χ4v) is 2.20. The van der Waals surface area contributed by atoms with E-state index in [4.69, 9.17) is 23.2 Å². The molecule has 2 N–H and O–H groups in total. The second-order valence-corrected chi connectivity index (χ2v) is 6.13. The summed E-state index contributed by atoms with van der Waals surface area (Å²) in [6.07, 6.45) is 0. The van der Waals surface area contributed by atoms with E-state index >= 15 is 0 Å². The van der Waals surface area contributed by atoms with Crippen molar-refractivity contribution in [1.82, 2.24) is 0 Å². The number of halogens is 2. The van der Waals surface area contributed by atoms with Gasteiger partial charge in [0.05, 0.1) is 10.0 Å². The highest BCUT2D eigenvalue weighted by Crippen LogP contribution is 2.25. The number of carbonyl (C=O) groups excluding carboxylic acids is 2. The first-order valence-corrected chi connectivity index (χ1v) is 7.79. The number of carbonyl (C=O) groups is 2. The highest BCUT2D eigenvalue weighted by Gasteiger charge is 2.14. The molecule has 0 saturated heterocycles. The number of rotatable bonds is 3. The summed E-state index contributed by atoms with van der Waals surface area (Å²) in [4.78, 5) is 23.8. The number of anilines is 2. The Balaban J connectivity index is 1.99. The molecule has 6 heteroatoms. The molecular weight excluding hydrogens is 335 g/mol. The van der Waals surface area contributed by atoms with E-state index in [1.807, 2.05) is 12.1 Å². The van der Waals surface area contributed by atoms with E-state index in [0.29, 0.717) is 27.3 Å². The highest BCUT2D eigenvalue weighted by atomic mass is 35.5. The second-order valence-electron chi connectivity index (χ2n) is 5.31. The van der Waals surface area contributed by atoms with Crippen LogP contribution in [0.5, 0.6) is 0 Å². The Morgan fingerprint density at radius 3 is 1.87 bits per heavy atom. The van der Waals surface area contributed by atoms with E-state index in [9.17, 15) is 9.59 Å². The Labute approximate surface area is 144 Å². The van der Waals surface area contributed by atoms with Gasteiger partial charge in [-0.05, 0) is 41.8 Å². The van der Waals surface area contributed by atoms with Crippen LogP contribution in [-0.4, -0.2) is 11.8 Å². The van der Waals surface area contributed by atoms with Gasteiger partial charge in [0.2, 0.25) is 0 Å². The van der Waals surface area contributed by atoms with Crippen molar-refractivity contribution < 1.29 is 9.59 Å². The Kier molecular flexibility index (Phi) is 5.64. The molecule has 0 radical (unpaired) electrons. The van der Waals surface area contributed by atoms with Crippen LogP contribution in [0.3, 0.4) is 0 Å². The van der Waals surface area contributed by atoms with Gasteiger partial charge in [-0.3, -0.25) is 9.59 Å². The summed E-state index contributed by atoms with van der Waals surface area (Å²) >= 11 is 11.7. The van der Waals surface area contributed by atoms with Crippen molar-refractivity contribution in [3.63, 3.8) is 0 Å². The van der Waals surface area contributed by atoms with Crippen LogP contribution < -0.4 is 10.6 Å². The van der Waals surface area contributed by atoms with E-state index in [-0.39, 0.29) is 0 Å². The molecule has 0 fully saturated rings. The van der Waals surface area contributed by atoms with Crippen molar-refractivity contribution in [2.75, 3.05) is 10.6 Å². The van der Waals surface area contributed by atoms with E-state index in [0.717, 1.165) is 5.56 Å². The van der Waals surface area contributed by atoms with Gasteiger partial charge in [0.25, 0.3) is 0 Å². The Hall–Kier alpha value is -2.04. The maximum atomic E-state index is 11.9. The molecule has 0 aliphatic heterocycles. The molecule has 120 valence electrons. The zero-order valence-corrected chi connectivity index (χ0v) is 14.2. The number of hydrogen-bond acceptors (Lipinski definition) is 2. The molecule has 0 aliphatic rings. The molecule has 0 bridgehead atoms. The number of amides is 2. The predicted octanol–water partition coefficient (Wildman–Crippen LogP) is 4.69. The molecule has 2 aromatic rings. The summed E-state index contributed by atoms with van der Waals surface area (Å²) < 4.78 is 0. The van der Waals surface area contributed by atoms with Crippen molar-refractivity contribution in [2.24, 2.45) is 0 Å². The summed E-state index contributed by atoms with van der Waals surface area (Å²) in [5.74, 6) is -1.14. The zero-order chi connectivity index (χ0) is 17.0. The predicted molar refractivity (Wildman–Crippen MR) is 94.3 cm³/mol. The molecule has 0 heterocycles. The van der Waals surface area contributed by atoms with E-state index in [1.165, 1.54) is 6.07 Å². The molecule has 0 saturated carbocycles. The molecular formula is C17H16Cl2N2O2. The lowest BCUT2D eigenvalue weighted by Crippen LogP contribution is -2.29. The fraction of sp³-hybridized carbons (Fsp3) is 0.176. The number of nitrogens with one attached hydrogen (secondary N) is 2. The summed E-state index contributed by atoms with van der Waals surface area (Å²) in [6, 6.07) is 11.9. The fourth-order valence-electron chi connectivity index (χ4n) is 1.90. The largest absolute Gasteiger partial charge is 0.318 e. The summed E-state index contributed by atoms with van der Waals surface area (Å²) in [7, 11) is 0. The lowest BCUT2D eigenvalue weighted by Gasteiger charge is -2.09. The van der Waals surface area contributed by atoms with Crippen LogP contribution in [0.1, 0.15) is 25.3 Å². The van der Waals surface area contributed by atoms with Crippen LogP contribution in [0, 0.1) is 0 Å². The van der Waals surface area contributed by atoms with Crippen molar-refractivity contribution in [2.45, 2.75) is 19.8 Å². The summed E-state index contributed by atoms with van der Waals surface area (Å²) in [5.41, 5.74) is 2.11. The second kappa shape index (κ2) is 7.49. The van der Waals surface area contributed by atoms with Crippen LogP contribution in [-0.2, 0) is 9.59 Å². The Morgan fingerprint density at radius 2 is 1.35 bits per heavy atom. The van der Waals surface area contributed by atoms with Crippen LogP contribution in [0.25, 0.3) is 0 Å². The summed E-state index contributed by atoms with van der Waals surface area (Å²) in [5, 5.41) is 5.68. The van der Waals surface area contributed by atoms with E-state index in [1.54, 1.807) is 24.3 Å². The Bertz CT molecular complexity index is 728. The smallest absolute Gasteiger partial charge is 0.314 e. The molecule has 0 atom stereocenters. The third-order valence-corrected chi connectivity index (χ3v) is 3.96. The SMILES string of the molecule is CC(C)c1ccc(NC(=O)C(=O)Nc2ccc(Cl)c(Cl)c2)cc1. The first-order chi connectivity index (χ1) is 10.9. The molecule has 23 heavy (non-hydrogen) atoms. The maximum Gasteiger partial charge on any atom is 0.314 e. The topological polar surface area (TPSA) is 58.2 Å². The van der Waals surface area contributed by atoms with Crippen molar-refractivity contribution in [3.05, 3.63) is 58.1 Å². The average molecular weight is 351 g/mol. The van der Waals surface area contributed by atoms with Gasteiger partial charge >= 0.3 is 11.8 Å². The van der Waals surface area contributed by atoms with Crippen molar-refractivity contribution >= 4 is 46.4 Å². The van der Waals surface area contributed by atoms with Crippen LogP contribution >= 0.6 is 23.2 Å². The minimum atomic E-state index is -0.781. The monoisotopic (exact) mass is 350 g/mol. The molecule has 0 spiro atoms. The van der Waals surface area contributed by atoms with Gasteiger partial charge in [-0.15, -0.1) is 0 Å². The first kappa shape index (κ1) is 17.3. The molecule has 2 aromatic carbocycles. The minimum absolute atomic E-state index is 0.300. The third-order valence-electron chi connectivity index (χ3n) is 3.22.